The number of carbonyl (C=O) groups excluding carboxylic acids is 1. The maximum atomic E-state index is 11.9. The molecule has 0 aromatic carbocycles. The Morgan fingerprint density at radius 2 is 2.00 bits per heavy atom. The lowest BCUT2D eigenvalue weighted by molar-refractivity contribution is 0.0964. The van der Waals surface area contributed by atoms with E-state index in [0.29, 0.717) is 28.7 Å². The molecule has 3 aromatic heterocycles. The Hall–Kier alpha value is -3.16. The zero-order valence-corrected chi connectivity index (χ0v) is 13.1. The minimum absolute atomic E-state index is 0.236. The smallest absolute Gasteiger partial charge is 0.256 e. The van der Waals surface area contributed by atoms with Gasteiger partial charge in [-0.2, -0.15) is 9.61 Å². The van der Waals surface area contributed by atoms with Gasteiger partial charge in [-0.05, 0) is 19.1 Å². The second kappa shape index (κ2) is 5.91. The molecule has 0 aliphatic heterocycles. The molecule has 0 fully saturated rings. The van der Waals surface area contributed by atoms with Crippen molar-refractivity contribution < 1.29 is 4.79 Å². The predicted octanol–water partition coefficient (Wildman–Crippen LogP) is 1.58. The Balaban J connectivity index is 2.08. The van der Waals surface area contributed by atoms with Gasteiger partial charge in [0.2, 0.25) is 0 Å². The van der Waals surface area contributed by atoms with E-state index in [4.69, 9.17) is 0 Å². The summed E-state index contributed by atoms with van der Waals surface area (Å²) in [6, 6.07) is 7.49. The van der Waals surface area contributed by atoms with Gasteiger partial charge in [-0.1, -0.05) is 6.07 Å². The van der Waals surface area contributed by atoms with Crippen LogP contribution in [0.1, 0.15) is 16.1 Å². The molecule has 0 atom stereocenters. The fourth-order valence-corrected chi connectivity index (χ4v) is 2.24. The number of pyridine rings is 1. The molecule has 0 radical (unpaired) electrons. The number of nitrogens with one attached hydrogen (secondary N) is 3. The molecular formula is C15H17N7O. The van der Waals surface area contributed by atoms with E-state index in [2.05, 4.69) is 31.0 Å². The summed E-state index contributed by atoms with van der Waals surface area (Å²) in [7, 11) is 3.36. The molecule has 0 bridgehead atoms. The van der Waals surface area contributed by atoms with E-state index in [0.717, 1.165) is 5.69 Å². The Bertz CT molecular complexity index is 871. The predicted molar refractivity (Wildman–Crippen MR) is 88.2 cm³/mol. The Kier molecular flexibility index (Phi) is 3.80. The molecule has 23 heavy (non-hydrogen) atoms. The van der Waals surface area contributed by atoms with Crippen molar-refractivity contribution in [1.82, 2.24) is 24.9 Å². The molecule has 0 aliphatic rings. The third kappa shape index (κ3) is 2.78. The van der Waals surface area contributed by atoms with E-state index in [9.17, 15) is 4.79 Å². The van der Waals surface area contributed by atoms with Gasteiger partial charge in [0.05, 0.1) is 6.20 Å². The topological polar surface area (TPSA) is 96.2 Å². The van der Waals surface area contributed by atoms with Gasteiger partial charge < -0.3 is 16.0 Å². The Morgan fingerprint density at radius 3 is 2.70 bits per heavy atom. The van der Waals surface area contributed by atoms with E-state index in [1.54, 1.807) is 24.7 Å². The molecule has 0 spiro atoms. The molecule has 8 nitrogen and oxygen atoms in total. The molecule has 3 rings (SSSR count). The monoisotopic (exact) mass is 311 g/mol. The van der Waals surface area contributed by atoms with E-state index < -0.39 is 0 Å². The van der Waals surface area contributed by atoms with Crippen LogP contribution in [-0.2, 0) is 0 Å². The van der Waals surface area contributed by atoms with Gasteiger partial charge in [0, 0.05) is 25.9 Å². The van der Waals surface area contributed by atoms with E-state index in [-0.39, 0.29) is 5.91 Å². The first kappa shape index (κ1) is 14.8. The number of hydrogen-bond acceptors (Lipinski definition) is 6. The summed E-state index contributed by atoms with van der Waals surface area (Å²) in [6.07, 6.45) is 1.50. The van der Waals surface area contributed by atoms with Crippen molar-refractivity contribution in [2.45, 2.75) is 6.92 Å². The lowest BCUT2D eigenvalue weighted by Gasteiger charge is -2.10. The molecule has 3 heterocycles. The molecule has 0 saturated carbocycles. The molecule has 118 valence electrons. The lowest BCUT2D eigenvalue weighted by atomic mass is 10.3. The van der Waals surface area contributed by atoms with Gasteiger partial charge in [-0.3, -0.25) is 4.79 Å². The summed E-state index contributed by atoms with van der Waals surface area (Å²) in [5, 5.41) is 13.0. The van der Waals surface area contributed by atoms with Crippen molar-refractivity contribution in [2.75, 3.05) is 24.7 Å². The molecule has 0 saturated heterocycles. The zero-order chi connectivity index (χ0) is 16.4. The van der Waals surface area contributed by atoms with Crippen LogP contribution in [0.15, 0.2) is 30.5 Å². The standard InChI is InChI=1S/C15H17N7O/c1-9-5-4-6-11(19-9)20-12-7-13(16-2)22-14(21-12)10(8-18-22)15(23)17-3/h4-8,16H,1-3H3,(H,17,23)(H,19,20,21). The number of aromatic nitrogens is 4. The first-order valence-corrected chi connectivity index (χ1v) is 7.11. The number of aryl methyl sites for hydroxylation is 1. The van der Waals surface area contributed by atoms with Crippen LogP contribution in [0.5, 0.6) is 0 Å². The van der Waals surface area contributed by atoms with Crippen molar-refractivity contribution >= 4 is 29.0 Å². The van der Waals surface area contributed by atoms with E-state index >= 15 is 0 Å². The highest BCUT2D eigenvalue weighted by molar-refractivity contribution is 5.99. The SMILES string of the molecule is CNC(=O)c1cnn2c(NC)cc(Nc3cccc(C)n3)nc12. The number of amides is 1. The van der Waals surface area contributed by atoms with E-state index in [1.807, 2.05) is 25.1 Å². The van der Waals surface area contributed by atoms with Crippen LogP contribution in [0, 0.1) is 6.92 Å². The molecular weight excluding hydrogens is 294 g/mol. The van der Waals surface area contributed by atoms with Crippen LogP contribution >= 0.6 is 0 Å². The average Bonchev–Trinajstić information content (AvgIpc) is 2.97. The van der Waals surface area contributed by atoms with Crippen LogP contribution in [0.25, 0.3) is 5.65 Å². The van der Waals surface area contributed by atoms with Crippen molar-refractivity contribution in [3.8, 4) is 0 Å². The molecule has 1 amide bonds. The van der Waals surface area contributed by atoms with Crippen LogP contribution in [0.4, 0.5) is 17.5 Å². The van der Waals surface area contributed by atoms with Gasteiger partial charge in [0.25, 0.3) is 5.91 Å². The maximum Gasteiger partial charge on any atom is 0.256 e. The molecule has 3 N–H and O–H groups in total. The van der Waals surface area contributed by atoms with Gasteiger partial charge in [-0.15, -0.1) is 0 Å². The summed E-state index contributed by atoms with van der Waals surface area (Å²) in [6.45, 7) is 1.92. The van der Waals surface area contributed by atoms with Crippen LogP contribution in [0.3, 0.4) is 0 Å². The molecule has 0 aliphatic carbocycles. The van der Waals surface area contributed by atoms with Crippen molar-refractivity contribution in [1.29, 1.82) is 0 Å². The fourth-order valence-electron chi connectivity index (χ4n) is 2.24. The highest BCUT2D eigenvalue weighted by Gasteiger charge is 2.16. The summed E-state index contributed by atoms with van der Waals surface area (Å²) < 4.78 is 1.58. The third-order valence-electron chi connectivity index (χ3n) is 3.34. The largest absolute Gasteiger partial charge is 0.373 e. The number of hydrogen-bond donors (Lipinski definition) is 3. The van der Waals surface area contributed by atoms with Gasteiger partial charge in [-0.25, -0.2) is 9.97 Å². The quantitative estimate of drug-likeness (QED) is 0.677. The first-order chi connectivity index (χ1) is 11.1. The number of anilines is 3. The highest BCUT2D eigenvalue weighted by atomic mass is 16.1. The summed E-state index contributed by atoms with van der Waals surface area (Å²) in [5.41, 5.74) is 1.77. The number of rotatable bonds is 4. The molecule has 3 aromatic rings. The normalized spacial score (nSPS) is 10.6. The number of carbonyl (C=O) groups is 1. The van der Waals surface area contributed by atoms with Crippen molar-refractivity contribution in [2.24, 2.45) is 0 Å². The van der Waals surface area contributed by atoms with E-state index in [1.165, 1.54) is 6.20 Å². The maximum absolute atomic E-state index is 11.9. The zero-order valence-electron chi connectivity index (χ0n) is 13.1. The molecule has 0 unspecified atom stereocenters. The van der Waals surface area contributed by atoms with Gasteiger partial charge in [0.1, 0.15) is 23.0 Å². The number of fused-ring (bicyclic) bond motifs is 1. The highest BCUT2D eigenvalue weighted by Crippen LogP contribution is 2.21. The van der Waals surface area contributed by atoms with Gasteiger partial charge in [0.15, 0.2) is 5.65 Å². The Labute approximate surface area is 133 Å². The second-order valence-corrected chi connectivity index (χ2v) is 4.94. The minimum atomic E-state index is -0.236. The summed E-state index contributed by atoms with van der Waals surface area (Å²) in [4.78, 5) is 20.8. The third-order valence-corrected chi connectivity index (χ3v) is 3.34. The minimum Gasteiger partial charge on any atom is -0.373 e. The molecule has 8 heteroatoms. The van der Waals surface area contributed by atoms with Gasteiger partial charge >= 0.3 is 0 Å². The second-order valence-electron chi connectivity index (χ2n) is 4.94. The fraction of sp³-hybridized carbons (Fsp3) is 0.200. The van der Waals surface area contributed by atoms with Crippen molar-refractivity contribution in [3.63, 3.8) is 0 Å². The average molecular weight is 311 g/mol. The summed E-state index contributed by atoms with van der Waals surface area (Å²) in [5.74, 6) is 1.73. The van der Waals surface area contributed by atoms with Crippen LogP contribution in [0.2, 0.25) is 0 Å². The van der Waals surface area contributed by atoms with Crippen molar-refractivity contribution in [3.05, 3.63) is 41.7 Å². The Morgan fingerprint density at radius 1 is 1.17 bits per heavy atom. The van der Waals surface area contributed by atoms with Crippen LogP contribution in [-0.4, -0.2) is 39.6 Å². The first-order valence-electron chi connectivity index (χ1n) is 7.11. The summed E-state index contributed by atoms with van der Waals surface area (Å²) >= 11 is 0. The lowest BCUT2D eigenvalue weighted by Crippen LogP contribution is -2.18. The number of nitrogens with zero attached hydrogens (tertiary/aromatic N) is 4. The van der Waals surface area contributed by atoms with Crippen LogP contribution < -0.4 is 16.0 Å².